The summed E-state index contributed by atoms with van der Waals surface area (Å²) in [6.07, 6.45) is 0. The molecule has 4 heteroatoms. The van der Waals surface area contributed by atoms with Crippen molar-refractivity contribution in [3.63, 3.8) is 0 Å². The zero-order valence-corrected chi connectivity index (χ0v) is 11.0. The van der Waals surface area contributed by atoms with Gasteiger partial charge in [-0.1, -0.05) is 6.07 Å². The summed E-state index contributed by atoms with van der Waals surface area (Å²) in [5, 5.41) is 10.8. The predicted molar refractivity (Wildman–Crippen MR) is 50.5 cm³/mol. The van der Waals surface area contributed by atoms with Crippen molar-refractivity contribution in [2.24, 2.45) is 4.99 Å². The zero-order chi connectivity index (χ0) is 9.84. The van der Waals surface area contributed by atoms with Crippen LogP contribution < -0.4 is 39.4 Å². The number of methoxy groups -OCH3 is 1. The van der Waals surface area contributed by atoms with Crippen LogP contribution in [0, 0.1) is 6.92 Å². The summed E-state index contributed by atoms with van der Waals surface area (Å²) in [6, 6.07) is 5.54. The van der Waals surface area contributed by atoms with Gasteiger partial charge in [-0.2, -0.15) is 0 Å². The van der Waals surface area contributed by atoms with E-state index in [1.54, 1.807) is 13.2 Å². The van der Waals surface area contributed by atoms with E-state index in [2.05, 4.69) is 4.99 Å². The number of hydrogen-bond donors (Lipinski definition) is 0. The van der Waals surface area contributed by atoms with Crippen molar-refractivity contribution < 1.29 is 39.4 Å². The van der Waals surface area contributed by atoms with Crippen LogP contribution in [-0.4, -0.2) is 13.0 Å². The maximum atomic E-state index is 10.8. The topological polar surface area (TPSA) is 44.6 Å². The molecule has 0 aromatic heterocycles. The Morgan fingerprint density at radius 2 is 2.07 bits per heavy atom. The molecule has 0 amide bonds. The van der Waals surface area contributed by atoms with E-state index >= 15 is 0 Å². The van der Waals surface area contributed by atoms with Gasteiger partial charge in [0.25, 0.3) is 0 Å². The first kappa shape index (κ1) is 13.5. The number of hydrogen-bond acceptors (Lipinski definition) is 3. The number of nitrogens with zero attached hydrogens (tertiary/aromatic N) is 1. The van der Waals surface area contributed by atoms with Gasteiger partial charge < -0.3 is 9.84 Å². The Hall–Kier alpha value is -0.510. The molecule has 0 spiro atoms. The molecule has 0 radical (unpaired) electrons. The molecular weight excluding hydrogens is 189 g/mol. The Morgan fingerprint density at radius 3 is 2.57 bits per heavy atom. The van der Waals surface area contributed by atoms with E-state index in [0.717, 1.165) is 5.56 Å². The first-order valence-electron chi connectivity index (χ1n) is 4.00. The normalized spacial score (nSPS) is 10.6. The molecule has 3 nitrogen and oxygen atoms in total. The molecule has 0 bridgehead atoms. The van der Waals surface area contributed by atoms with Gasteiger partial charge in [0, 0.05) is 0 Å². The monoisotopic (exact) mass is 201 g/mol. The van der Waals surface area contributed by atoms with Crippen LogP contribution >= 0.6 is 0 Å². The number of aryl methyl sites for hydroxylation is 1. The zero-order valence-electron chi connectivity index (χ0n) is 9.00. The van der Waals surface area contributed by atoms with Gasteiger partial charge in [-0.05, 0) is 37.4 Å². The van der Waals surface area contributed by atoms with Gasteiger partial charge in [0.1, 0.15) is 11.4 Å². The van der Waals surface area contributed by atoms with Crippen LogP contribution in [-0.2, 0) is 0 Å². The molecule has 0 aliphatic carbocycles. The second kappa shape index (κ2) is 6.06. The third kappa shape index (κ3) is 3.70. The van der Waals surface area contributed by atoms with Crippen LogP contribution in [0.4, 0.5) is 5.69 Å². The fourth-order valence-corrected chi connectivity index (χ4v) is 1.06. The quantitative estimate of drug-likeness (QED) is 0.329. The molecule has 0 heterocycles. The van der Waals surface area contributed by atoms with Gasteiger partial charge in [0.2, 0.25) is 0 Å². The van der Waals surface area contributed by atoms with Crippen LogP contribution in [0.3, 0.4) is 0 Å². The molecule has 0 aliphatic heterocycles. The van der Waals surface area contributed by atoms with Crippen LogP contribution in [0.25, 0.3) is 0 Å². The average Bonchev–Trinajstić information content (AvgIpc) is 2.03. The maximum absolute atomic E-state index is 10.8. The molecule has 1 aromatic carbocycles. The second-order valence-corrected chi connectivity index (χ2v) is 2.81. The summed E-state index contributed by atoms with van der Waals surface area (Å²) in [4.78, 5) is 3.83. The maximum Gasteiger partial charge on any atom is 1.00 e. The number of aliphatic imine (C=N–C) groups is 1. The van der Waals surface area contributed by atoms with Crippen molar-refractivity contribution in [2.75, 3.05) is 7.11 Å². The SMILES string of the molecule is COc1ccc(C)cc1N=C(C)[O-].[Na+]. The van der Waals surface area contributed by atoms with E-state index in [-0.39, 0.29) is 35.5 Å². The third-order valence-corrected chi connectivity index (χ3v) is 1.61. The van der Waals surface area contributed by atoms with E-state index in [1.165, 1.54) is 6.92 Å². The largest absolute Gasteiger partial charge is 1.00 e. The second-order valence-electron chi connectivity index (χ2n) is 2.81. The summed E-state index contributed by atoms with van der Waals surface area (Å²) in [5.74, 6) is 0.407. The van der Waals surface area contributed by atoms with Crippen molar-refractivity contribution >= 4 is 11.6 Å². The van der Waals surface area contributed by atoms with Gasteiger partial charge in [-0.3, -0.25) is 4.99 Å². The molecule has 1 aromatic rings. The molecule has 0 aliphatic rings. The fourth-order valence-electron chi connectivity index (χ4n) is 1.06. The molecule has 0 atom stereocenters. The fraction of sp³-hybridized carbons (Fsp3) is 0.300. The van der Waals surface area contributed by atoms with Crippen molar-refractivity contribution in [3.8, 4) is 5.75 Å². The van der Waals surface area contributed by atoms with E-state index < -0.39 is 0 Å². The minimum Gasteiger partial charge on any atom is -0.862 e. The van der Waals surface area contributed by atoms with Crippen molar-refractivity contribution in [1.29, 1.82) is 0 Å². The molecule has 0 saturated carbocycles. The summed E-state index contributed by atoms with van der Waals surface area (Å²) in [6.45, 7) is 3.36. The van der Waals surface area contributed by atoms with E-state index in [9.17, 15) is 5.11 Å². The molecule has 0 saturated heterocycles. The smallest absolute Gasteiger partial charge is 0.862 e. The van der Waals surface area contributed by atoms with Crippen molar-refractivity contribution in [1.82, 2.24) is 0 Å². The van der Waals surface area contributed by atoms with Crippen LogP contribution in [0.15, 0.2) is 23.2 Å². The van der Waals surface area contributed by atoms with E-state index in [0.29, 0.717) is 11.4 Å². The Balaban J connectivity index is 0.00000169. The van der Waals surface area contributed by atoms with Crippen LogP contribution in [0.1, 0.15) is 12.5 Å². The van der Waals surface area contributed by atoms with Gasteiger partial charge in [-0.25, -0.2) is 0 Å². The minimum atomic E-state index is -0.219. The van der Waals surface area contributed by atoms with Crippen LogP contribution in [0.5, 0.6) is 5.75 Å². The number of ether oxygens (including phenoxy) is 1. The summed E-state index contributed by atoms with van der Waals surface area (Å²) in [7, 11) is 1.56. The van der Waals surface area contributed by atoms with Gasteiger partial charge in [-0.15, -0.1) is 0 Å². The van der Waals surface area contributed by atoms with Crippen molar-refractivity contribution in [2.45, 2.75) is 13.8 Å². The Morgan fingerprint density at radius 1 is 1.43 bits per heavy atom. The first-order valence-corrected chi connectivity index (χ1v) is 4.00. The standard InChI is InChI=1S/C10H13NO2.Na/c1-7-4-5-10(13-3)9(6-7)11-8(2)12;/h4-6H,1-3H3,(H,11,12);/q;+1/p-1. The van der Waals surface area contributed by atoms with E-state index in [1.807, 2.05) is 19.1 Å². The molecule has 0 unspecified atom stereocenters. The van der Waals surface area contributed by atoms with Crippen LogP contribution in [0.2, 0.25) is 0 Å². The van der Waals surface area contributed by atoms with E-state index in [4.69, 9.17) is 4.74 Å². The molecule has 0 N–H and O–H groups in total. The number of rotatable bonds is 2. The molecule has 1 rings (SSSR count). The Kier molecular flexibility index (Phi) is 5.84. The van der Waals surface area contributed by atoms with Gasteiger partial charge >= 0.3 is 29.6 Å². The summed E-state index contributed by atoms with van der Waals surface area (Å²) in [5.41, 5.74) is 1.65. The van der Waals surface area contributed by atoms with Gasteiger partial charge in [0.15, 0.2) is 0 Å². The third-order valence-electron chi connectivity index (χ3n) is 1.61. The Labute approximate surface area is 106 Å². The van der Waals surface area contributed by atoms with Gasteiger partial charge in [0.05, 0.1) is 7.11 Å². The minimum absolute atomic E-state index is 0. The average molecular weight is 201 g/mol. The number of benzene rings is 1. The first-order chi connectivity index (χ1) is 6.13. The molecule has 0 fully saturated rings. The Bertz CT molecular complexity index is 333. The molecular formula is C10H12NNaO2. The molecule has 70 valence electrons. The predicted octanol–water partition coefficient (Wildman–Crippen LogP) is -1.58. The summed E-state index contributed by atoms with van der Waals surface area (Å²) < 4.78 is 5.06. The van der Waals surface area contributed by atoms with Crippen molar-refractivity contribution in [3.05, 3.63) is 23.8 Å². The molecule has 14 heavy (non-hydrogen) atoms. The summed E-state index contributed by atoms with van der Waals surface area (Å²) >= 11 is 0.